The molecule has 0 amide bonds. The number of rotatable bonds is 5. The highest BCUT2D eigenvalue weighted by atomic mass is 35.5. The molecule has 0 bridgehead atoms. The fourth-order valence-corrected chi connectivity index (χ4v) is 2.41. The molecule has 0 saturated carbocycles. The van der Waals surface area contributed by atoms with Gasteiger partial charge in [-0.1, -0.05) is 23.7 Å². The van der Waals surface area contributed by atoms with Crippen LogP contribution in [0, 0.1) is 0 Å². The smallest absolute Gasteiger partial charge is 0.359 e. The molecule has 6 heteroatoms. The SMILES string of the molecule is CC(N)Cc1cccc(Cl)c1N(CC(F)(F)F)C(C)C. The van der Waals surface area contributed by atoms with Gasteiger partial charge in [0.15, 0.2) is 0 Å². The Morgan fingerprint density at radius 2 is 1.85 bits per heavy atom. The lowest BCUT2D eigenvalue weighted by Gasteiger charge is -2.32. The second kappa shape index (κ2) is 6.68. The summed E-state index contributed by atoms with van der Waals surface area (Å²) in [6.07, 6.45) is -3.80. The number of benzene rings is 1. The number of halogens is 4. The summed E-state index contributed by atoms with van der Waals surface area (Å²) in [7, 11) is 0. The molecule has 1 aromatic rings. The molecular formula is C14H20ClF3N2. The Kier molecular flexibility index (Phi) is 5.71. The van der Waals surface area contributed by atoms with Crippen LogP contribution in [0.25, 0.3) is 0 Å². The van der Waals surface area contributed by atoms with Gasteiger partial charge in [0.2, 0.25) is 0 Å². The van der Waals surface area contributed by atoms with Crippen molar-refractivity contribution in [3.05, 3.63) is 28.8 Å². The third kappa shape index (κ3) is 4.87. The van der Waals surface area contributed by atoms with E-state index in [0.29, 0.717) is 17.1 Å². The zero-order chi connectivity index (χ0) is 15.5. The topological polar surface area (TPSA) is 29.3 Å². The number of hydrogen-bond acceptors (Lipinski definition) is 2. The number of anilines is 1. The molecule has 0 heterocycles. The summed E-state index contributed by atoms with van der Waals surface area (Å²) in [6.45, 7) is 4.21. The van der Waals surface area contributed by atoms with E-state index < -0.39 is 12.7 Å². The van der Waals surface area contributed by atoms with Gasteiger partial charge in [-0.3, -0.25) is 0 Å². The molecule has 0 aliphatic heterocycles. The largest absolute Gasteiger partial charge is 0.405 e. The van der Waals surface area contributed by atoms with Gasteiger partial charge in [0.25, 0.3) is 0 Å². The lowest BCUT2D eigenvalue weighted by atomic mass is 10.0. The number of nitrogens with zero attached hydrogens (tertiary/aromatic N) is 1. The van der Waals surface area contributed by atoms with Gasteiger partial charge < -0.3 is 10.6 Å². The van der Waals surface area contributed by atoms with Gasteiger partial charge in [-0.05, 0) is 38.8 Å². The van der Waals surface area contributed by atoms with E-state index in [1.807, 2.05) is 6.92 Å². The summed E-state index contributed by atoms with van der Waals surface area (Å²) in [5, 5.41) is 0.320. The zero-order valence-electron chi connectivity index (χ0n) is 11.8. The number of hydrogen-bond donors (Lipinski definition) is 1. The predicted octanol–water partition coefficient (Wildman–Crippen LogP) is 4.01. The van der Waals surface area contributed by atoms with Gasteiger partial charge in [-0.15, -0.1) is 0 Å². The Hall–Kier alpha value is -0.940. The first-order valence-corrected chi connectivity index (χ1v) is 6.86. The van der Waals surface area contributed by atoms with Gasteiger partial charge in [0, 0.05) is 12.1 Å². The molecule has 0 radical (unpaired) electrons. The standard InChI is InChI=1S/C14H20ClF3N2/c1-9(2)20(8-14(16,17)18)13-11(7-10(3)19)5-4-6-12(13)15/h4-6,9-10H,7-8,19H2,1-3H3. The Morgan fingerprint density at radius 1 is 1.25 bits per heavy atom. The average molecular weight is 309 g/mol. The summed E-state index contributed by atoms with van der Waals surface area (Å²) in [5.41, 5.74) is 6.93. The molecule has 1 rings (SSSR count). The monoisotopic (exact) mass is 308 g/mol. The van der Waals surface area contributed by atoms with Crippen molar-refractivity contribution < 1.29 is 13.2 Å². The molecule has 0 aliphatic rings. The van der Waals surface area contributed by atoms with E-state index in [-0.39, 0.29) is 12.1 Å². The summed E-state index contributed by atoms with van der Waals surface area (Å²) < 4.78 is 38.3. The molecule has 0 spiro atoms. The summed E-state index contributed by atoms with van der Waals surface area (Å²) >= 11 is 6.13. The number of para-hydroxylation sites is 1. The first-order chi connectivity index (χ1) is 9.11. The van der Waals surface area contributed by atoms with Crippen LogP contribution in [0.15, 0.2) is 18.2 Å². The van der Waals surface area contributed by atoms with E-state index in [1.165, 1.54) is 4.90 Å². The molecular weight excluding hydrogens is 289 g/mol. The van der Waals surface area contributed by atoms with Crippen LogP contribution in [0.4, 0.5) is 18.9 Å². The van der Waals surface area contributed by atoms with Crippen molar-refractivity contribution in [1.82, 2.24) is 0 Å². The maximum Gasteiger partial charge on any atom is 0.405 e. The molecule has 0 aromatic heterocycles. The highest BCUT2D eigenvalue weighted by Crippen LogP contribution is 2.34. The molecule has 0 saturated heterocycles. The minimum absolute atomic E-state index is 0.146. The molecule has 0 fully saturated rings. The van der Waals surface area contributed by atoms with Crippen molar-refractivity contribution >= 4 is 17.3 Å². The van der Waals surface area contributed by atoms with Crippen LogP contribution in [0.5, 0.6) is 0 Å². The lowest BCUT2D eigenvalue weighted by molar-refractivity contribution is -0.120. The minimum Gasteiger partial charge on any atom is -0.359 e. The Labute approximate surface area is 122 Å². The van der Waals surface area contributed by atoms with Crippen molar-refractivity contribution in [1.29, 1.82) is 0 Å². The van der Waals surface area contributed by atoms with Crippen molar-refractivity contribution in [3.63, 3.8) is 0 Å². The highest BCUT2D eigenvalue weighted by Gasteiger charge is 2.33. The van der Waals surface area contributed by atoms with Gasteiger partial charge >= 0.3 is 6.18 Å². The second-order valence-corrected chi connectivity index (χ2v) is 5.67. The van der Waals surface area contributed by atoms with E-state index in [1.54, 1.807) is 32.0 Å². The van der Waals surface area contributed by atoms with Crippen LogP contribution in [-0.4, -0.2) is 24.8 Å². The molecule has 114 valence electrons. The lowest BCUT2D eigenvalue weighted by Crippen LogP contribution is -2.40. The van der Waals surface area contributed by atoms with Crippen LogP contribution in [0.2, 0.25) is 5.02 Å². The summed E-state index contributed by atoms with van der Waals surface area (Å²) in [4.78, 5) is 1.28. The quantitative estimate of drug-likeness (QED) is 0.890. The van der Waals surface area contributed by atoms with E-state index in [0.717, 1.165) is 5.56 Å². The zero-order valence-corrected chi connectivity index (χ0v) is 12.6. The number of nitrogens with two attached hydrogens (primary N) is 1. The van der Waals surface area contributed by atoms with Crippen LogP contribution >= 0.6 is 11.6 Å². The molecule has 20 heavy (non-hydrogen) atoms. The first kappa shape index (κ1) is 17.1. The normalized spacial score (nSPS) is 13.7. The Bertz CT molecular complexity index is 445. The van der Waals surface area contributed by atoms with Crippen molar-refractivity contribution in [3.8, 4) is 0 Å². The van der Waals surface area contributed by atoms with Gasteiger partial charge in [-0.25, -0.2) is 0 Å². The maximum atomic E-state index is 12.8. The fraction of sp³-hybridized carbons (Fsp3) is 0.571. The Balaban J connectivity index is 3.24. The van der Waals surface area contributed by atoms with Crippen LogP contribution in [0.1, 0.15) is 26.3 Å². The fourth-order valence-electron chi connectivity index (χ4n) is 2.11. The van der Waals surface area contributed by atoms with E-state index >= 15 is 0 Å². The van der Waals surface area contributed by atoms with Crippen molar-refractivity contribution in [2.75, 3.05) is 11.4 Å². The van der Waals surface area contributed by atoms with E-state index in [4.69, 9.17) is 17.3 Å². The van der Waals surface area contributed by atoms with Crippen LogP contribution in [-0.2, 0) is 6.42 Å². The highest BCUT2D eigenvalue weighted by molar-refractivity contribution is 6.33. The molecule has 2 N–H and O–H groups in total. The third-order valence-electron chi connectivity index (χ3n) is 2.87. The molecule has 1 atom stereocenters. The molecule has 1 unspecified atom stereocenters. The van der Waals surface area contributed by atoms with Gasteiger partial charge in [0.05, 0.1) is 10.7 Å². The first-order valence-electron chi connectivity index (χ1n) is 6.48. The van der Waals surface area contributed by atoms with Crippen molar-refractivity contribution in [2.24, 2.45) is 5.73 Å². The van der Waals surface area contributed by atoms with Crippen molar-refractivity contribution in [2.45, 2.75) is 45.5 Å². The van der Waals surface area contributed by atoms with E-state index in [9.17, 15) is 13.2 Å². The van der Waals surface area contributed by atoms with Gasteiger partial charge in [-0.2, -0.15) is 13.2 Å². The predicted molar refractivity (Wildman–Crippen MR) is 77.3 cm³/mol. The molecule has 0 aliphatic carbocycles. The summed E-state index contributed by atoms with van der Waals surface area (Å²) in [5.74, 6) is 0. The van der Waals surface area contributed by atoms with Crippen LogP contribution < -0.4 is 10.6 Å². The third-order valence-corrected chi connectivity index (χ3v) is 3.18. The average Bonchev–Trinajstić information content (AvgIpc) is 2.24. The minimum atomic E-state index is -4.28. The van der Waals surface area contributed by atoms with Gasteiger partial charge in [0.1, 0.15) is 6.54 Å². The molecule has 1 aromatic carbocycles. The summed E-state index contributed by atoms with van der Waals surface area (Å²) in [6, 6.07) is 4.65. The molecule has 2 nitrogen and oxygen atoms in total. The second-order valence-electron chi connectivity index (χ2n) is 5.27. The van der Waals surface area contributed by atoms with E-state index in [2.05, 4.69) is 0 Å². The maximum absolute atomic E-state index is 12.8. The Morgan fingerprint density at radius 3 is 2.30 bits per heavy atom. The van der Waals surface area contributed by atoms with Crippen LogP contribution in [0.3, 0.4) is 0 Å². The number of alkyl halides is 3.